The summed E-state index contributed by atoms with van der Waals surface area (Å²) in [4.78, 5) is 12.1. The summed E-state index contributed by atoms with van der Waals surface area (Å²) in [5.41, 5.74) is 5.95. The van der Waals surface area contributed by atoms with Gasteiger partial charge in [-0.15, -0.1) is 0 Å². The van der Waals surface area contributed by atoms with Crippen LogP contribution in [0.3, 0.4) is 0 Å². The van der Waals surface area contributed by atoms with Crippen LogP contribution in [0.5, 0.6) is 5.75 Å². The lowest BCUT2D eigenvalue weighted by atomic mass is 10.1. The van der Waals surface area contributed by atoms with Gasteiger partial charge in [0.25, 0.3) is 0 Å². The van der Waals surface area contributed by atoms with Gasteiger partial charge in [-0.3, -0.25) is 4.40 Å². The lowest BCUT2D eigenvalue weighted by Gasteiger charge is -2.06. The SMILES string of the molecule is CC.COc1ccc(-c2ncn3c2cnc2[nH]ccc23)cc1C. The van der Waals surface area contributed by atoms with Crippen LogP contribution >= 0.6 is 0 Å². The van der Waals surface area contributed by atoms with Crippen molar-refractivity contribution in [2.24, 2.45) is 0 Å². The van der Waals surface area contributed by atoms with Gasteiger partial charge in [0.15, 0.2) is 5.65 Å². The van der Waals surface area contributed by atoms with E-state index in [4.69, 9.17) is 4.74 Å². The summed E-state index contributed by atoms with van der Waals surface area (Å²) in [5.74, 6) is 0.883. The average Bonchev–Trinajstić information content (AvgIpc) is 3.22. The smallest absolute Gasteiger partial charge is 0.154 e. The quantitative estimate of drug-likeness (QED) is 0.603. The molecule has 4 aromatic rings. The predicted octanol–water partition coefficient (Wildman–Crippen LogP) is 4.22. The summed E-state index contributed by atoms with van der Waals surface area (Å²) in [7, 11) is 1.68. The maximum atomic E-state index is 5.31. The summed E-state index contributed by atoms with van der Waals surface area (Å²) in [6.45, 7) is 6.03. The molecule has 0 aliphatic heterocycles. The van der Waals surface area contributed by atoms with Gasteiger partial charge in [0.05, 0.1) is 30.0 Å². The number of aromatic nitrogens is 4. The average molecular weight is 308 g/mol. The van der Waals surface area contributed by atoms with Crippen molar-refractivity contribution in [1.82, 2.24) is 19.4 Å². The molecule has 0 spiro atoms. The summed E-state index contributed by atoms with van der Waals surface area (Å²) in [6.07, 6.45) is 5.57. The van der Waals surface area contributed by atoms with E-state index >= 15 is 0 Å². The third kappa shape index (κ3) is 2.44. The van der Waals surface area contributed by atoms with Gasteiger partial charge in [0.1, 0.15) is 12.1 Å². The molecule has 0 aliphatic carbocycles. The van der Waals surface area contributed by atoms with Crippen LogP contribution < -0.4 is 4.74 Å². The number of aromatic amines is 1. The minimum atomic E-state index is 0.859. The molecule has 0 radical (unpaired) electrons. The first-order valence-corrected chi connectivity index (χ1v) is 7.72. The van der Waals surface area contributed by atoms with Crippen molar-refractivity contribution in [1.29, 1.82) is 0 Å². The second-order valence-electron chi connectivity index (χ2n) is 5.00. The van der Waals surface area contributed by atoms with E-state index in [1.54, 1.807) is 7.11 Å². The molecule has 0 bridgehead atoms. The lowest BCUT2D eigenvalue weighted by Crippen LogP contribution is -1.89. The Morgan fingerprint density at radius 2 is 1.91 bits per heavy atom. The van der Waals surface area contributed by atoms with E-state index in [0.717, 1.165) is 39.3 Å². The maximum Gasteiger partial charge on any atom is 0.154 e. The van der Waals surface area contributed by atoms with Gasteiger partial charge in [-0.2, -0.15) is 0 Å². The summed E-state index contributed by atoms with van der Waals surface area (Å²) in [5, 5.41) is 0. The number of methoxy groups -OCH3 is 1. The van der Waals surface area contributed by atoms with Gasteiger partial charge in [-0.1, -0.05) is 13.8 Å². The van der Waals surface area contributed by atoms with Crippen LogP contribution in [-0.4, -0.2) is 26.5 Å². The molecule has 1 aromatic carbocycles. The van der Waals surface area contributed by atoms with Crippen molar-refractivity contribution in [3.8, 4) is 17.0 Å². The number of nitrogens with zero attached hydrogens (tertiary/aromatic N) is 3. The van der Waals surface area contributed by atoms with Gasteiger partial charge >= 0.3 is 0 Å². The Kier molecular flexibility index (Phi) is 4.02. The van der Waals surface area contributed by atoms with Gasteiger partial charge in [0, 0.05) is 11.8 Å². The first kappa shape index (κ1) is 15.1. The molecule has 23 heavy (non-hydrogen) atoms. The molecule has 0 saturated heterocycles. The first-order chi connectivity index (χ1) is 11.3. The van der Waals surface area contributed by atoms with E-state index in [2.05, 4.69) is 21.0 Å². The summed E-state index contributed by atoms with van der Waals surface area (Å²) >= 11 is 0. The van der Waals surface area contributed by atoms with Crippen LogP contribution in [0.15, 0.2) is 43.0 Å². The number of hydrogen-bond acceptors (Lipinski definition) is 3. The summed E-state index contributed by atoms with van der Waals surface area (Å²) < 4.78 is 7.36. The highest BCUT2D eigenvalue weighted by molar-refractivity contribution is 5.83. The Labute approximate surface area is 135 Å². The number of nitrogens with one attached hydrogen (secondary N) is 1. The monoisotopic (exact) mass is 308 g/mol. The molecule has 1 N–H and O–H groups in total. The van der Waals surface area contributed by atoms with E-state index < -0.39 is 0 Å². The van der Waals surface area contributed by atoms with Crippen LogP contribution in [0.1, 0.15) is 19.4 Å². The number of aryl methyl sites for hydroxylation is 1. The molecule has 0 fully saturated rings. The second-order valence-corrected chi connectivity index (χ2v) is 5.00. The predicted molar refractivity (Wildman–Crippen MR) is 92.9 cm³/mol. The zero-order valence-electron chi connectivity index (χ0n) is 13.8. The second kappa shape index (κ2) is 6.12. The lowest BCUT2D eigenvalue weighted by molar-refractivity contribution is 0.412. The van der Waals surface area contributed by atoms with E-state index in [0.29, 0.717) is 0 Å². The Morgan fingerprint density at radius 1 is 1.09 bits per heavy atom. The molecule has 3 heterocycles. The number of fused-ring (bicyclic) bond motifs is 3. The molecule has 5 heteroatoms. The van der Waals surface area contributed by atoms with Gasteiger partial charge < -0.3 is 9.72 Å². The van der Waals surface area contributed by atoms with E-state index in [9.17, 15) is 0 Å². The zero-order chi connectivity index (χ0) is 16.4. The molecule has 0 aliphatic rings. The fourth-order valence-electron chi connectivity index (χ4n) is 2.70. The summed E-state index contributed by atoms with van der Waals surface area (Å²) in [6, 6.07) is 8.08. The number of imidazole rings is 1. The van der Waals surface area contributed by atoms with E-state index in [1.807, 2.05) is 62.1 Å². The Balaban J connectivity index is 0.000000753. The van der Waals surface area contributed by atoms with Crippen LogP contribution in [0.25, 0.3) is 27.9 Å². The van der Waals surface area contributed by atoms with Crippen molar-refractivity contribution in [3.05, 3.63) is 48.5 Å². The number of benzene rings is 1. The Bertz CT molecular complexity index is 952. The van der Waals surface area contributed by atoms with Crippen molar-refractivity contribution < 1.29 is 4.74 Å². The number of hydrogen-bond donors (Lipinski definition) is 1. The van der Waals surface area contributed by atoms with Crippen molar-refractivity contribution in [2.45, 2.75) is 20.8 Å². The molecule has 0 unspecified atom stereocenters. The zero-order valence-corrected chi connectivity index (χ0v) is 13.8. The molecule has 5 nitrogen and oxygen atoms in total. The number of H-pyrrole nitrogens is 1. The largest absolute Gasteiger partial charge is 0.496 e. The third-order valence-corrected chi connectivity index (χ3v) is 3.75. The molecule has 4 rings (SSSR count). The minimum Gasteiger partial charge on any atom is -0.496 e. The molecule has 0 atom stereocenters. The Morgan fingerprint density at radius 3 is 2.65 bits per heavy atom. The van der Waals surface area contributed by atoms with E-state index in [1.165, 1.54) is 0 Å². The van der Waals surface area contributed by atoms with Crippen molar-refractivity contribution in [3.63, 3.8) is 0 Å². The van der Waals surface area contributed by atoms with Gasteiger partial charge in [0.2, 0.25) is 0 Å². The van der Waals surface area contributed by atoms with Crippen LogP contribution in [0.4, 0.5) is 0 Å². The number of ether oxygens (including phenoxy) is 1. The van der Waals surface area contributed by atoms with Gasteiger partial charge in [-0.25, -0.2) is 9.97 Å². The third-order valence-electron chi connectivity index (χ3n) is 3.75. The van der Waals surface area contributed by atoms with Crippen molar-refractivity contribution in [2.75, 3.05) is 7.11 Å². The highest BCUT2D eigenvalue weighted by Crippen LogP contribution is 2.28. The van der Waals surface area contributed by atoms with Gasteiger partial charge in [-0.05, 0) is 36.8 Å². The maximum absolute atomic E-state index is 5.31. The standard InChI is InChI=1S/C16H14N4O.C2H6/c1-10-7-11(3-4-14(10)21-2)15-13-8-18-16-12(5-6-17-16)20(13)9-19-15;1-2/h3-9,17H,1-2H3;1-2H3. The van der Waals surface area contributed by atoms with Crippen LogP contribution in [0, 0.1) is 6.92 Å². The first-order valence-electron chi connectivity index (χ1n) is 7.72. The molecule has 3 aromatic heterocycles. The number of rotatable bonds is 2. The molecular weight excluding hydrogens is 288 g/mol. The molecule has 0 saturated carbocycles. The fraction of sp³-hybridized carbons (Fsp3) is 0.222. The highest BCUT2D eigenvalue weighted by atomic mass is 16.5. The minimum absolute atomic E-state index is 0.859. The van der Waals surface area contributed by atoms with Crippen LogP contribution in [-0.2, 0) is 0 Å². The molecule has 118 valence electrons. The normalized spacial score (nSPS) is 10.6. The molecule has 0 amide bonds. The van der Waals surface area contributed by atoms with E-state index in [-0.39, 0.29) is 0 Å². The fourth-order valence-corrected chi connectivity index (χ4v) is 2.70. The highest BCUT2D eigenvalue weighted by Gasteiger charge is 2.11. The molecular formula is C18H20N4O. The van der Waals surface area contributed by atoms with Crippen LogP contribution in [0.2, 0.25) is 0 Å². The topological polar surface area (TPSA) is 55.2 Å². The van der Waals surface area contributed by atoms with Crippen molar-refractivity contribution >= 4 is 16.7 Å². The Hall–Kier alpha value is -2.82.